The van der Waals surface area contributed by atoms with Crippen LogP contribution in [0.4, 0.5) is 13.2 Å². The van der Waals surface area contributed by atoms with Gasteiger partial charge in [-0.15, -0.1) is 12.4 Å². The largest absolute Gasteiger partial charge is 0.390 e. The summed E-state index contributed by atoms with van der Waals surface area (Å²) < 4.78 is 36.3. The summed E-state index contributed by atoms with van der Waals surface area (Å²) in [6.45, 7) is 0. The maximum atomic E-state index is 12.1. The fourth-order valence-electron chi connectivity index (χ4n) is 1.22. The molecule has 0 bridgehead atoms. The highest BCUT2D eigenvalue weighted by molar-refractivity contribution is 6.36. The monoisotopic (exact) mass is 293 g/mol. The molecule has 0 radical (unpaired) electrons. The van der Waals surface area contributed by atoms with Gasteiger partial charge in [0.1, 0.15) is 0 Å². The zero-order valence-electron chi connectivity index (χ0n) is 7.89. The lowest BCUT2D eigenvalue weighted by Gasteiger charge is -2.16. The van der Waals surface area contributed by atoms with E-state index in [1.807, 2.05) is 0 Å². The zero-order valence-corrected chi connectivity index (χ0v) is 10.2. The Morgan fingerprint density at radius 3 is 2.00 bits per heavy atom. The van der Waals surface area contributed by atoms with E-state index < -0.39 is 18.6 Å². The predicted octanol–water partition coefficient (Wildman–Crippen LogP) is 4.37. The van der Waals surface area contributed by atoms with Crippen LogP contribution in [0.1, 0.15) is 18.0 Å². The Labute approximate surface area is 107 Å². The lowest BCUT2D eigenvalue weighted by molar-refractivity contribution is -0.138. The van der Waals surface area contributed by atoms with Crippen molar-refractivity contribution in [2.45, 2.75) is 18.6 Å². The molecule has 0 unspecified atom stereocenters. The van der Waals surface area contributed by atoms with Gasteiger partial charge in [0.2, 0.25) is 0 Å². The summed E-state index contributed by atoms with van der Waals surface area (Å²) in [5.41, 5.74) is 5.53. The molecule has 1 aromatic rings. The maximum Gasteiger partial charge on any atom is 0.390 e. The van der Waals surface area contributed by atoms with E-state index in [2.05, 4.69) is 0 Å². The number of halogens is 6. The van der Waals surface area contributed by atoms with Crippen molar-refractivity contribution < 1.29 is 13.2 Å². The van der Waals surface area contributed by atoms with Crippen molar-refractivity contribution in [2.24, 2.45) is 5.73 Å². The number of rotatable bonds is 2. The summed E-state index contributed by atoms with van der Waals surface area (Å²) in [6, 6.07) is 3.23. The SMILES string of the molecule is Cl.N[C@H](CC(F)(F)F)c1c(Cl)cccc1Cl. The summed E-state index contributed by atoms with van der Waals surface area (Å²) in [4.78, 5) is 0. The van der Waals surface area contributed by atoms with Gasteiger partial charge in [0.15, 0.2) is 0 Å². The van der Waals surface area contributed by atoms with Crippen molar-refractivity contribution >= 4 is 35.6 Å². The maximum absolute atomic E-state index is 12.1. The van der Waals surface area contributed by atoms with Gasteiger partial charge in [0.05, 0.1) is 6.42 Å². The van der Waals surface area contributed by atoms with Gasteiger partial charge in [-0.05, 0) is 12.1 Å². The number of hydrogen-bond donors (Lipinski definition) is 1. The van der Waals surface area contributed by atoms with E-state index in [1.165, 1.54) is 12.1 Å². The Kier molecular flexibility index (Phi) is 5.90. The fourth-order valence-corrected chi connectivity index (χ4v) is 1.89. The lowest BCUT2D eigenvalue weighted by Crippen LogP contribution is -2.20. The fraction of sp³-hybridized carbons (Fsp3) is 0.333. The first kappa shape index (κ1) is 15.8. The van der Waals surface area contributed by atoms with Gasteiger partial charge in [-0.3, -0.25) is 0 Å². The van der Waals surface area contributed by atoms with E-state index >= 15 is 0 Å². The van der Waals surface area contributed by atoms with Crippen molar-refractivity contribution in [1.82, 2.24) is 0 Å². The van der Waals surface area contributed by atoms with Gasteiger partial charge in [-0.2, -0.15) is 13.2 Å². The highest BCUT2D eigenvalue weighted by Gasteiger charge is 2.32. The Hall–Kier alpha value is -0.160. The molecule has 0 saturated heterocycles. The van der Waals surface area contributed by atoms with E-state index in [-0.39, 0.29) is 28.0 Å². The first-order valence-electron chi connectivity index (χ1n) is 4.07. The highest BCUT2D eigenvalue weighted by atomic mass is 35.5. The lowest BCUT2D eigenvalue weighted by atomic mass is 10.0. The van der Waals surface area contributed by atoms with Crippen LogP contribution in [0.15, 0.2) is 18.2 Å². The first-order valence-corrected chi connectivity index (χ1v) is 4.83. The number of benzene rings is 1. The molecule has 2 N–H and O–H groups in total. The zero-order chi connectivity index (χ0) is 11.6. The van der Waals surface area contributed by atoms with Crippen molar-refractivity contribution in [1.29, 1.82) is 0 Å². The Balaban J connectivity index is 0.00000225. The second kappa shape index (κ2) is 5.96. The van der Waals surface area contributed by atoms with Crippen LogP contribution in [0, 0.1) is 0 Å². The molecule has 92 valence electrons. The molecule has 0 aliphatic rings. The van der Waals surface area contributed by atoms with E-state index in [0.717, 1.165) is 0 Å². The smallest absolute Gasteiger partial charge is 0.324 e. The molecule has 0 aliphatic heterocycles. The number of nitrogens with two attached hydrogens (primary N) is 1. The van der Waals surface area contributed by atoms with Gasteiger partial charge in [0.25, 0.3) is 0 Å². The van der Waals surface area contributed by atoms with Crippen molar-refractivity contribution in [3.8, 4) is 0 Å². The normalized spacial score (nSPS) is 13.1. The van der Waals surface area contributed by atoms with E-state index in [9.17, 15) is 13.2 Å². The molecular weight excluding hydrogens is 285 g/mol. The Bertz CT molecular complexity index is 334. The van der Waals surface area contributed by atoms with Crippen LogP contribution >= 0.6 is 35.6 Å². The van der Waals surface area contributed by atoms with Crippen LogP contribution in [-0.2, 0) is 0 Å². The third-order valence-electron chi connectivity index (χ3n) is 1.82. The summed E-state index contributed by atoms with van der Waals surface area (Å²) in [6.07, 6.45) is -5.47. The molecule has 0 spiro atoms. The summed E-state index contributed by atoms with van der Waals surface area (Å²) in [5, 5.41) is 0.304. The standard InChI is InChI=1S/C9H8Cl2F3N.ClH/c10-5-2-1-3-6(11)8(5)7(15)4-9(12,13)14;/h1-3,7H,4,15H2;1H/t7-;/m1./s1. The number of hydrogen-bond acceptors (Lipinski definition) is 1. The summed E-state index contributed by atoms with van der Waals surface area (Å²) in [5.74, 6) is 0. The van der Waals surface area contributed by atoms with Gasteiger partial charge in [-0.1, -0.05) is 29.3 Å². The van der Waals surface area contributed by atoms with Gasteiger partial charge in [0, 0.05) is 21.7 Å². The van der Waals surface area contributed by atoms with Crippen molar-refractivity contribution in [2.75, 3.05) is 0 Å². The molecule has 0 amide bonds. The predicted molar refractivity (Wildman–Crippen MR) is 61.3 cm³/mol. The van der Waals surface area contributed by atoms with Gasteiger partial charge in [-0.25, -0.2) is 0 Å². The minimum Gasteiger partial charge on any atom is -0.324 e. The first-order chi connectivity index (χ1) is 6.81. The molecule has 0 fully saturated rings. The topological polar surface area (TPSA) is 26.0 Å². The van der Waals surface area contributed by atoms with Crippen LogP contribution in [0.25, 0.3) is 0 Å². The van der Waals surface area contributed by atoms with E-state index in [4.69, 9.17) is 28.9 Å². The quantitative estimate of drug-likeness (QED) is 0.861. The molecule has 0 heterocycles. The molecule has 1 nitrogen and oxygen atoms in total. The minimum atomic E-state index is -4.33. The van der Waals surface area contributed by atoms with Crippen LogP contribution in [0.2, 0.25) is 10.0 Å². The van der Waals surface area contributed by atoms with E-state index in [0.29, 0.717) is 0 Å². The molecule has 0 aliphatic carbocycles. The van der Waals surface area contributed by atoms with E-state index in [1.54, 1.807) is 6.07 Å². The van der Waals surface area contributed by atoms with Crippen molar-refractivity contribution in [3.05, 3.63) is 33.8 Å². The van der Waals surface area contributed by atoms with Crippen LogP contribution in [-0.4, -0.2) is 6.18 Å². The van der Waals surface area contributed by atoms with Crippen LogP contribution in [0.3, 0.4) is 0 Å². The molecular formula is C9H9Cl3F3N. The molecule has 7 heteroatoms. The molecule has 1 atom stereocenters. The molecule has 0 saturated carbocycles. The second-order valence-electron chi connectivity index (χ2n) is 3.06. The number of alkyl halides is 3. The van der Waals surface area contributed by atoms with Gasteiger partial charge < -0.3 is 5.73 Å². The molecule has 0 aromatic heterocycles. The average Bonchev–Trinajstić information content (AvgIpc) is 1.99. The Morgan fingerprint density at radius 2 is 1.62 bits per heavy atom. The average molecular weight is 295 g/mol. The van der Waals surface area contributed by atoms with Gasteiger partial charge >= 0.3 is 6.18 Å². The molecule has 16 heavy (non-hydrogen) atoms. The highest BCUT2D eigenvalue weighted by Crippen LogP contribution is 2.35. The summed E-state index contributed by atoms with van der Waals surface area (Å²) in [7, 11) is 0. The van der Waals surface area contributed by atoms with Crippen LogP contribution < -0.4 is 5.73 Å². The third-order valence-corrected chi connectivity index (χ3v) is 2.48. The van der Waals surface area contributed by atoms with Crippen LogP contribution in [0.5, 0.6) is 0 Å². The summed E-state index contributed by atoms with van der Waals surface area (Å²) >= 11 is 11.4. The Morgan fingerprint density at radius 1 is 1.19 bits per heavy atom. The molecule has 1 rings (SSSR count). The third kappa shape index (κ3) is 4.37. The second-order valence-corrected chi connectivity index (χ2v) is 3.88. The molecule has 1 aromatic carbocycles. The van der Waals surface area contributed by atoms with Crippen molar-refractivity contribution in [3.63, 3.8) is 0 Å². The minimum absolute atomic E-state index is 0.